The van der Waals surface area contributed by atoms with Crippen LogP contribution in [0.25, 0.3) is 0 Å². The van der Waals surface area contributed by atoms with Crippen molar-refractivity contribution in [3.05, 3.63) is 53.6 Å². The van der Waals surface area contributed by atoms with Gasteiger partial charge in [0.25, 0.3) is 5.91 Å². The lowest BCUT2D eigenvalue weighted by atomic mass is 10.1. The maximum atomic E-state index is 12.1. The first-order valence-corrected chi connectivity index (χ1v) is 6.36. The quantitative estimate of drug-likeness (QED) is 0.843. The number of nitrogens with one attached hydrogen (secondary N) is 1. The predicted molar refractivity (Wildman–Crippen MR) is 81.6 cm³/mol. The number of nitrogens with zero attached hydrogens (tertiary/aromatic N) is 1. The molecule has 2 aromatic carbocycles. The summed E-state index contributed by atoms with van der Waals surface area (Å²) in [5.41, 5.74) is 3.04. The first-order chi connectivity index (χ1) is 9.47. The van der Waals surface area contributed by atoms with Crippen LogP contribution in [0, 0.1) is 6.92 Å². The summed E-state index contributed by atoms with van der Waals surface area (Å²) in [6.07, 6.45) is 0. The molecule has 4 nitrogen and oxygen atoms in total. The minimum absolute atomic E-state index is 0.166. The molecule has 0 aliphatic carbocycles. The SMILES string of the molecule is Cc1cc(NC(=O)c2ccc(N(C)C)cc2)ccc1O. The lowest BCUT2D eigenvalue weighted by Gasteiger charge is -2.12. The number of carbonyl (C=O) groups is 1. The number of rotatable bonds is 3. The number of aryl methyl sites for hydroxylation is 1. The van der Waals surface area contributed by atoms with E-state index in [2.05, 4.69) is 5.32 Å². The van der Waals surface area contributed by atoms with Crippen LogP contribution in [0.4, 0.5) is 11.4 Å². The molecule has 0 aliphatic rings. The molecule has 0 bridgehead atoms. The van der Waals surface area contributed by atoms with Crippen LogP contribution >= 0.6 is 0 Å². The van der Waals surface area contributed by atoms with Crippen molar-refractivity contribution in [2.45, 2.75) is 6.92 Å². The average molecular weight is 270 g/mol. The summed E-state index contributed by atoms with van der Waals surface area (Å²) in [6, 6.07) is 12.4. The summed E-state index contributed by atoms with van der Waals surface area (Å²) in [4.78, 5) is 14.1. The molecule has 0 saturated heterocycles. The van der Waals surface area contributed by atoms with Crippen molar-refractivity contribution in [3.8, 4) is 5.75 Å². The number of amides is 1. The fourth-order valence-electron chi connectivity index (χ4n) is 1.85. The van der Waals surface area contributed by atoms with Gasteiger partial charge in [-0.3, -0.25) is 4.79 Å². The van der Waals surface area contributed by atoms with E-state index in [1.54, 1.807) is 37.3 Å². The van der Waals surface area contributed by atoms with E-state index in [4.69, 9.17) is 0 Å². The van der Waals surface area contributed by atoms with Crippen LogP contribution in [0.5, 0.6) is 5.75 Å². The third-order valence-corrected chi connectivity index (χ3v) is 3.10. The summed E-state index contributed by atoms with van der Waals surface area (Å²) in [6.45, 7) is 1.79. The van der Waals surface area contributed by atoms with Crippen molar-refractivity contribution in [2.24, 2.45) is 0 Å². The Morgan fingerprint density at radius 3 is 2.30 bits per heavy atom. The molecular weight excluding hydrogens is 252 g/mol. The van der Waals surface area contributed by atoms with Gasteiger partial charge in [0.15, 0.2) is 0 Å². The molecule has 0 heterocycles. The highest BCUT2D eigenvalue weighted by Gasteiger charge is 2.07. The highest BCUT2D eigenvalue weighted by Crippen LogP contribution is 2.21. The van der Waals surface area contributed by atoms with Gasteiger partial charge in [-0.05, 0) is 55.0 Å². The Bertz CT molecular complexity index is 619. The van der Waals surface area contributed by atoms with Crippen molar-refractivity contribution in [3.63, 3.8) is 0 Å². The van der Waals surface area contributed by atoms with Crippen molar-refractivity contribution in [1.29, 1.82) is 0 Å². The third kappa shape index (κ3) is 3.09. The smallest absolute Gasteiger partial charge is 0.255 e. The fourth-order valence-corrected chi connectivity index (χ4v) is 1.85. The first kappa shape index (κ1) is 13.9. The Balaban J connectivity index is 2.13. The molecule has 0 saturated carbocycles. The monoisotopic (exact) mass is 270 g/mol. The molecule has 0 spiro atoms. The van der Waals surface area contributed by atoms with E-state index in [0.29, 0.717) is 11.3 Å². The molecule has 0 aliphatic heterocycles. The van der Waals surface area contributed by atoms with Gasteiger partial charge in [-0.25, -0.2) is 0 Å². The number of hydrogen-bond acceptors (Lipinski definition) is 3. The van der Waals surface area contributed by atoms with E-state index in [1.807, 2.05) is 31.1 Å². The second-order valence-corrected chi connectivity index (χ2v) is 4.90. The Kier molecular flexibility index (Phi) is 3.94. The summed E-state index contributed by atoms with van der Waals surface area (Å²) in [7, 11) is 3.91. The Labute approximate surface area is 118 Å². The van der Waals surface area contributed by atoms with Crippen LogP contribution in [0.2, 0.25) is 0 Å². The molecule has 2 rings (SSSR count). The van der Waals surface area contributed by atoms with Gasteiger partial charge in [0.2, 0.25) is 0 Å². The molecule has 1 amide bonds. The standard InChI is InChI=1S/C16H18N2O2/c1-11-10-13(6-9-15(11)19)17-16(20)12-4-7-14(8-5-12)18(2)3/h4-10,19H,1-3H3,(H,17,20). The number of phenolic OH excluding ortho intramolecular Hbond substituents is 1. The zero-order chi connectivity index (χ0) is 14.7. The molecule has 2 N–H and O–H groups in total. The van der Waals surface area contributed by atoms with Crippen LogP contribution in [0.3, 0.4) is 0 Å². The zero-order valence-corrected chi connectivity index (χ0v) is 11.8. The second kappa shape index (κ2) is 5.65. The maximum Gasteiger partial charge on any atom is 0.255 e. The van der Waals surface area contributed by atoms with Crippen molar-refractivity contribution in [2.75, 3.05) is 24.3 Å². The lowest BCUT2D eigenvalue weighted by molar-refractivity contribution is 0.102. The first-order valence-electron chi connectivity index (χ1n) is 6.36. The van der Waals surface area contributed by atoms with Crippen molar-refractivity contribution >= 4 is 17.3 Å². The van der Waals surface area contributed by atoms with Gasteiger partial charge < -0.3 is 15.3 Å². The fraction of sp³-hybridized carbons (Fsp3) is 0.188. The molecular formula is C16H18N2O2. The molecule has 0 unspecified atom stereocenters. The molecule has 0 aromatic heterocycles. The lowest BCUT2D eigenvalue weighted by Crippen LogP contribution is -2.13. The van der Waals surface area contributed by atoms with Gasteiger partial charge in [-0.2, -0.15) is 0 Å². The van der Waals surface area contributed by atoms with E-state index < -0.39 is 0 Å². The van der Waals surface area contributed by atoms with Crippen LogP contribution in [-0.4, -0.2) is 25.1 Å². The van der Waals surface area contributed by atoms with Gasteiger partial charge in [0.1, 0.15) is 5.75 Å². The van der Waals surface area contributed by atoms with E-state index in [0.717, 1.165) is 11.3 Å². The number of phenols is 1. The minimum Gasteiger partial charge on any atom is -0.508 e. The summed E-state index contributed by atoms with van der Waals surface area (Å²) < 4.78 is 0. The van der Waals surface area contributed by atoms with Crippen molar-refractivity contribution < 1.29 is 9.90 Å². The van der Waals surface area contributed by atoms with Gasteiger partial charge >= 0.3 is 0 Å². The van der Waals surface area contributed by atoms with Crippen LogP contribution < -0.4 is 10.2 Å². The highest BCUT2D eigenvalue weighted by atomic mass is 16.3. The number of hydrogen-bond donors (Lipinski definition) is 2. The number of aromatic hydroxyl groups is 1. The predicted octanol–water partition coefficient (Wildman–Crippen LogP) is 3.02. The van der Waals surface area contributed by atoms with Gasteiger partial charge in [0, 0.05) is 31.0 Å². The molecule has 0 atom stereocenters. The van der Waals surface area contributed by atoms with Gasteiger partial charge in [-0.15, -0.1) is 0 Å². The maximum absolute atomic E-state index is 12.1. The Hall–Kier alpha value is -2.49. The molecule has 0 radical (unpaired) electrons. The highest BCUT2D eigenvalue weighted by molar-refractivity contribution is 6.04. The van der Waals surface area contributed by atoms with Gasteiger partial charge in [-0.1, -0.05) is 0 Å². The second-order valence-electron chi connectivity index (χ2n) is 4.90. The molecule has 2 aromatic rings. The van der Waals surface area contributed by atoms with Crippen LogP contribution in [0.15, 0.2) is 42.5 Å². The van der Waals surface area contributed by atoms with Crippen LogP contribution in [-0.2, 0) is 0 Å². The van der Waals surface area contributed by atoms with E-state index >= 15 is 0 Å². The van der Waals surface area contributed by atoms with Gasteiger partial charge in [0.05, 0.1) is 0 Å². The van der Waals surface area contributed by atoms with E-state index in [1.165, 1.54) is 0 Å². The average Bonchev–Trinajstić information content (AvgIpc) is 2.43. The normalized spacial score (nSPS) is 10.2. The minimum atomic E-state index is -0.166. The molecule has 20 heavy (non-hydrogen) atoms. The largest absolute Gasteiger partial charge is 0.508 e. The Morgan fingerprint density at radius 1 is 1.10 bits per heavy atom. The van der Waals surface area contributed by atoms with Crippen molar-refractivity contribution in [1.82, 2.24) is 0 Å². The molecule has 0 fully saturated rings. The topological polar surface area (TPSA) is 52.6 Å². The number of benzene rings is 2. The number of carbonyl (C=O) groups excluding carboxylic acids is 1. The zero-order valence-electron chi connectivity index (χ0n) is 11.8. The summed E-state index contributed by atoms with van der Waals surface area (Å²) >= 11 is 0. The summed E-state index contributed by atoms with van der Waals surface area (Å²) in [5, 5.41) is 12.3. The van der Waals surface area contributed by atoms with E-state index in [-0.39, 0.29) is 11.7 Å². The molecule has 4 heteroatoms. The van der Waals surface area contributed by atoms with E-state index in [9.17, 15) is 9.90 Å². The molecule has 104 valence electrons. The van der Waals surface area contributed by atoms with Crippen LogP contribution in [0.1, 0.15) is 15.9 Å². The Morgan fingerprint density at radius 2 is 1.75 bits per heavy atom. The summed E-state index contributed by atoms with van der Waals surface area (Å²) in [5.74, 6) is 0.0544. The number of anilines is 2. The third-order valence-electron chi connectivity index (χ3n) is 3.10.